The van der Waals surface area contributed by atoms with Gasteiger partial charge in [-0.2, -0.15) is 0 Å². The van der Waals surface area contributed by atoms with Crippen molar-refractivity contribution in [2.24, 2.45) is 0 Å². The Bertz CT molecular complexity index is 7550. The van der Waals surface area contributed by atoms with Crippen molar-refractivity contribution in [2.45, 2.75) is 14.4 Å². The van der Waals surface area contributed by atoms with E-state index >= 15 is 0 Å². The van der Waals surface area contributed by atoms with Gasteiger partial charge >= 0.3 is 0 Å². The molecule has 4 nitrogen and oxygen atoms in total. The van der Waals surface area contributed by atoms with E-state index in [1.54, 1.807) is 0 Å². The van der Waals surface area contributed by atoms with Gasteiger partial charge in [-0.15, -0.1) is 0 Å². The van der Waals surface area contributed by atoms with Crippen LogP contribution in [-0.4, -0.2) is 19.1 Å². The summed E-state index contributed by atoms with van der Waals surface area (Å²) in [4.78, 5) is 9.87. The second-order valence-electron chi connectivity index (χ2n) is 30.2. The lowest BCUT2D eigenvalue weighted by Crippen LogP contribution is -1.97. The highest BCUT2D eigenvalue weighted by Gasteiger charge is 2.23. The fourth-order valence-corrected chi connectivity index (χ4v) is 18.1. The zero-order valence-electron chi connectivity index (χ0n) is 64.4. The molecular formula is C114H80N4. The van der Waals surface area contributed by atoms with E-state index in [1.165, 1.54) is 164 Å². The lowest BCUT2D eigenvalue weighted by Gasteiger charge is -2.18. The summed E-state index contributed by atoms with van der Waals surface area (Å²) in [5.74, 6) is 1.93. The molecule has 118 heavy (non-hydrogen) atoms. The molecule has 0 fully saturated rings. The van der Waals surface area contributed by atoms with Crippen LogP contribution in [0.5, 0.6) is 0 Å². The van der Waals surface area contributed by atoms with Crippen molar-refractivity contribution in [1.29, 1.82) is 0 Å². The lowest BCUT2D eigenvalue weighted by atomic mass is 9.85. The van der Waals surface area contributed by atoms with Gasteiger partial charge in [0.25, 0.3) is 0 Å². The highest BCUT2D eigenvalue weighted by Crippen LogP contribution is 2.49. The van der Waals surface area contributed by atoms with Crippen LogP contribution >= 0.6 is 0 Å². The van der Waals surface area contributed by atoms with E-state index in [-0.39, 0.29) is 7.43 Å². The number of rotatable bonds is 10. The van der Waals surface area contributed by atoms with Crippen molar-refractivity contribution in [3.63, 3.8) is 0 Å². The van der Waals surface area contributed by atoms with Gasteiger partial charge in [-0.25, -0.2) is 9.97 Å². The Morgan fingerprint density at radius 3 is 0.864 bits per heavy atom. The first-order valence-electron chi connectivity index (χ1n) is 40.2. The fraction of sp³-hybridized carbons (Fsp3) is 0.0175. The molecule has 0 N–H and O–H groups in total. The third-order valence-corrected chi connectivity index (χ3v) is 23.3. The minimum atomic E-state index is 0. The molecule has 2 aromatic heterocycles. The number of hydrogen-bond acceptors (Lipinski definition) is 2. The summed E-state index contributed by atoms with van der Waals surface area (Å²) >= 11 is 0. The number of para-hydroxylation sites is 3. The molecule has 0 amide bonds. The molecule has 0 aliphatic rings. The molecule has 0 unspecified atom stereocenters. The molecule has 0 aliphatic carbocycles. The number of benzene rings is 21. The van der Waals surface area contributed by atoms with E-state index in [0.717, 1.165) is 50.7 Å². The van der Waals surface area contributed by atoms with E-state index in [4.69, 9.17) is 9.97 Å². The standard InChI is InChI=1S/C43H28N2.C40H28N2.C30H20.CH4/c1-2-13-31(14-3-1)43-44-39-20-10-11-21-40(39)45(43)34-26-24-30(25-27-34)41-35-16-6-8-18-37(35)42(38-19-9-7-17-36(38)41)33-23-22-29-12-4-5-15-32(29)28-33;1-27-41-37-25-24-31(26-38(37)42(27)32-14-6-3-7-15-32)28-20-22-30(23-21-28)40-35-18-10-8-16-33(35)39(29-12-4-2-5-13-29)34-17-9-11-19-36(34)40;1-2-11-22(12-3-1)29-25-14-6-8-16-27(25)30(28-17-9-7-15-26(28)29)24-19-18-21-10-4-5-13-23(21)20-24;/h1-28H;2-26H,1H3;1-20H;1H4. The number of fused-ring (bicyclic) bond motifs is 10. The van der Waals surface area contributed by atoms with Crippen LogP contribution in [0, 0.1) is 6.92 Å². The van der Waals surface area contributed by atoms with Gasteiger partial charge in [0.2, 0.25) is 0 Å². The quantitative estimate of drug-likeness (QED) is 0.128. The van der Waals surface area contributed by atoms with Crippen molar-refractivity contribution < 1.29 is 0 Å². The van der Waals surface area contributed by atoms with E-state index in [1.807, 2.05) is 12.1 Å². The molecule has 0 radical (unpaired) electrons. The Morgan fingerprint density at radius 1 is 0.178 bits per heavy atom. The Morgan fingerprint density at radius 2 is 0.458 bits per heavy atom. The molecule has 556 valence electrons. The Kier molecular flexibility index (Phi) is 18.7. The highest BCUT2D eigenvalue weighted by atomic mass is 15.1. The predicted octanol–water partition coefficient (Wildman–Crippen LogP) is 31.2. The van der Waals surface area contributed by atoms with E-state index < -0.39 is 0 Å². The SMILES string of the molecule is C.Cc1nc2ccc(-c3ccc(-c4c5ccccc5c(-c5ccccc5)c5ccccc45)cc3)cc2n1-c1ccccc1.c1ccc(-c2c3ccccc3c(-c3ccc4ccccc4c3)c3ccccc23)cc1.c1ccc(-c2nc3ccccc3n2-c2ccc(-c3c4ccccc4c(-c4ccc5ccccc5c4)c4ccccc34)cc2)cc1. The number of imidazole rings is 2. The molecule has 21 aromatic carbocycles. The summed E-state index contributed by atoms with van der Waals surface area (Å²) in [6.07, 6.45) is 0. The second-order valence-corrected chi connectivity index (χ2v) is 30.2. The first kappa shape index (κ1) is 71.7. The van der Waals surface area contributed by atoms with Crippen LogP contribution in [0.15, 0.2) is 443 Å². The van der Waals surface area contributed by atoms with Crippen molar-refractivity contribution in [2.75, 3.05) is 0 Å². The summed E-state index contributed by atoms with van der Waals surface area (Å²) in [6, 6.07) is 159. The third kappa shape index (κ3) is 12.9. The molecule has 0 saturated heterocycles. The molecule has 0 aliphatic heterocycles. The van der Waals surface area contributed by atoms with Gasteiger partial charge in [0, 0.05) is 16.9 Å². The normalized spacial score (nSPS) is 11.4. The smallest absolute Gasteiger partial charge is 0.145 e. The van der Waals surface area contributed by atoms with Gasteiger partial charge in [-0.1, -0.05) is 390 Å². The first-order valence-corrected chi connectivity index (χ1v) is 40.2. The second kappa shape index (κ2) is 30.9. The van der Waals surface area contributed by atoms with Crippen LogP contribution in [0.25, 0.3) is 209 Å². The fourth-order valence-electron chi connectivity index (χ4n) is 18.1. The average molecular weight is 1510 g/mol. The number of aryl methyl sites for hydroxylation is 1. The maximum absolute atomic E-state index is 5.04. The predicted molar refractivity (Wildman–Crippen MR) is 504 cm³/mol. The van der Waals surface area contributed by atoms with Crippen molar-refractivity contribution in [3.8, 4) is 101 Å². The first-order chi connectivity index (χ1) is 58.0. The maximum Gasteiger partial charge on any atom is 0.145 e. The van der Waals surface area contributed by atoms with Crippen molar-refractivity contribution in [3.05, 3.63) is 449 Å². The van der Waals surface area contributed by atoms with Crippen molar-refractivity contribution in [1.82, 2.24) is 19.1 Å². The maximum atomic E-state index is 5.04. The number of nitrogens with zero attached hydrogens (tertiary/aromatic N) is 4. The van der Waals surface area contributed by atoms with Crippen LogP contribution in [-0.2, 0) is 0 Å². The van der Waals surface area contributed by atoms with Crippen LogP contribution in [0.4, 0.5) is 0 Å². The molecule has 23 rings (SSSR count). The monoisotopic (exact) mass is 1500 g/mol. The zero-order chi connectivity index (χ0) is 77.7. The molecule has 4 heteroatoms. The van der Waals surface area contributed by atoms with Gasteiger partial charge in [0.15, 0.2) is 0 Å². The van der Waals surface area contributed by atoms with E-state index in [9.17, 15) is 0 Å². The molecular weight excluding hydrogens is 1430 g/mol. The Labute approximate surface area is 686 Å². The lowest BCUT2D eigenvalue weighted by molar-refractivity contribution is 1.00. The molecule has 0 spiro atoms. The van der Waals surface area contributed by atoms with Gasteiger partial charge in [-0.05, 0) is 232 Å². The molecule has 2 heterocycles. The van der Waals surface area contributed by atoms with Crippen LogP contribution in [0.2, 0.25) is 0 Å². The average Bonchev–Trinajstić information content (AvgIpc) is 1.31. The van der Waals surface area contributed by atoms with Gasteiger partial charge < -0.3 is 0 Å². The highest BCUT2D eigenvalue weighted by molar-refractivity contribution is 6.25. The van der Waals surface area contributed by atoms with Gasteiger partial charge in [0.1, 0.15) is 11.6 Å². The molecule has 0 saturated carbocycles. The van der Waals surface area contributed by atoms with Gasteiger partial charge in [-0.3, -0.25) is 9.13 Å². The molecule has 0 bridgehead atoms. The minimum absolute atomic E-state index is 0. The van der Waals surface area contributed by atoms with Crippen LogP contribution < -0.4 is 0 Å². The summed E-state index contributed by atoms with van der Waals surface area (Å²) in [7, 11) is 0. The molecule has 23 aromatic rings. The van der Waals surface area contributed by atoms with Gasteiger partial charge in [0.05, 0.1) is 22.1 Å². The minimum Gasteiger partial charge on any atom is -0.297 e. The molecule has 0 atom stereocenters. The zero-order valence-corrected chi connectivity index (χ0v) is 64.4. The van der Waals surface area contributed by atoms with Crippen LogP contribution in [0.1, 0.15) is 13.3 Å². The summed E-state index contributed by atoms with van der Waals surface area (Å²) < 4.78 is 4.51. The third-order valence-electron chi connectivity index (χ3n) is 23.3. The summed E-state index contributed by atoms with van der Waals surface area (Å²) in [6.45, 7) is 2.07. The summed E-state index contributed by atoms with van der Waals surface area (Å²) in [5, 5.41) is 20.4. The van der Waals surface area contributed by atoms with E-state index in [0.29, 0.717) is 0 Å². The topological polar surface area (TPSA) is 35.6 Å². The Hall–Kier alpha value is -15.4. The number of hydrogen-bond donors (Lipinski definition) is 0. The summed E-state index contributed by atoms with van der Waals surface area (Å²) in [5.41, 5.74) is 25.1. The largest absolute Gasteiger partial charge is 0.297 e. The van der Waals surface area contributed by atoms with Crippen molar-refractivity contribution >= 4 is 108 Å². The van der Waals surface area contributed by atoms with Crippen LogP contribution in [0.3, 0.4) is 0 Å². The number of aromatic nitrogens is 4. The Balaban J connectivity index is 0.000000115. The van der Waals surface area contributed by atoms with E-state index in [2.05, 4.69) is 447 Å².